The minimum atomic E-state index is 0.451. The van der Waals surface area contributed by atoms with Crippen LogP contribution in [0.15, 0.2) is 30.5 Å². The third kappa shape index (κ3) is 3.04. The first kappa shape index (κ1) is 12.9. The molecule has 6 heteroatoms. The molecular weight excluding hydrogens is 246 g/mol. The number of benzene rings is 1. The van der Waals surface area contributed by atoms with Gasteiger partial charge in [0, 0.05) is 24.0 Å². The van der Waals surface area contributed by atoms with Gasteiger partial charge in [0.15, 0.2) is 11.5 Å². The van der Waals surface area contributed by atoms with Gasteiger partial charge in [0.1, 0.15) is 0 Å². The zero-order chi connectivity index (χ0) is 13.7. The van der Waals surface area contributed by atoms with Crippen LogP contribution in [0.5, 0.6) is 17.4 Å². The lowest BCUT2D eigenvalue weighted by Crippen LogP contribution is -1.99. The van der Waals surface area contributed by atoms with E-state index in [2.05, 4.69) is 15.3 Å². The van der Waals surface area contributed by atoms with E-state index in [9.17, 15) is 0 Å². The van der Waals surface area contributed by atoms with Gasteiger partial charge in [-0.1, -0.05) is 0 Å². The Morgan fingerprint density at radius 3 is 2.42 bits per heavy atom. The number of hydrogen-bond donors (Lipinski definition) is 1. The highest BCUT2D eigenvalue weighted by Gasteiger charge is 2.06. The minimum Gasteiger partial charge on any atom is -0.493 e. The fraction of sp³-hybridized carbons (Fsp3) is 0.231. The molecule has 0 fully saturated rings. The van der Waals surface area contributed by atoms with Crippen LogP contribution in [0.3, 0.4) is 0 Å². The van der Waals surface area contributed by atoms with Crippen molar-refractivity contribution in [3.63, 3.8) is 0 Å². The van der Waals surface area contributed by atoms with Gasteiger partial charge in [0.25, 0.3) is 0 Å². The van der Waals surface area contributed by atoms with Crippen LogP contribution in [0.1, 0.15) is 0 Å². The Bertz CT molecular complexity index is 561. The number of methoxy groups -OCH3 is 3. The van der Waals surface area contributed by atoms with Crippen molar-refractivity contribution in [2.75, 3.05) is 26.6 Å². The summed E-state index contributed by atoms with van der Waals surface area (Å²) in [7, 11) is 4.74. The van der Waals surface area contributed by atoms with E-state index in [0.29, 0.717) is 23.3 Å². The molecule has 1 aromatic heterocycles. The second kappa shape index (κ2) is 5.90. The summed E-state index contributed by atoms with van der Waals surface area (Å²) in [5.41, 5.74) is 0.797. The van der Waals surface area contributed by atoms with E-state index in [0.717, 1.165) is 5.69 Å². The molecule has 0 unspecified atom stereocenters. The summed E-state index contributed by atoms with van der Waals surface area (Å²) in [5, 5.41) is 3.07. The average molecular weight is 261 g/mol. The van der Waals surface area contributed by atoms with E-state index in [1.807, 2.05) is 12.1 Å². The van der Waals surface area contributed by atoms with Crippen molar-refractivity contribution in [3.8, 4) is 17.4 Å². The zero-order valence-corrected chi connectivity index (χ0v) is 11.0. The number of nitrogens with one attached hydrogen (secondary N) is 1. The molecule has 0 atom stereocenters. The molecule has 0 radical (unpaired) electrons. The summed E-state index contributed by atoms with van der Waals surface area (Å²) < 4.78 is 15.4. The molecule has 1 N–H and O–H groups in total. The third-order valence-corrected chi connectivity index (χ3v) is 2.48. The van der Waals surface area contributed by atoms with Gasteiger partial charge in [-0.3, -0.25) is 0 Å². The van der Waals surface area contributed by atoms with Crippen molar-refractivity contribution in [2.24, 2.45) is 0 Å². The van der Waals surface area contributed by atoms with Gasteiger partial charge in [-0.2, -0.15) is 4.98 Å². The molecule has 0 aliphatic rings. The number of ether oxygens (including phenoxy) is 3. The van der Waals surface area contributed by atoms with E-state index >= 15 is 0 Å². The van der Waals surface area contributed by atoms with Gasteiger partial charge in [0.05, 0.1) is 21.3 Å². The van der Waals surface area contributed by atoms with Crippen molar-refractivity contribution >= 4 is 11.6 Å². The second-order valence-corrected chi connectivity index (χ2v) is 3.62. The molecule has 0 spiro atoms. The van der Waals surface area contributed by atoms with Crippen molar-refractivity contribution in [2.45, 2.75) is 0 Å². The maximum absolute atomic E-state index is 5.23. The number of nitrogens with zero attached hydrogens (tertiary/aromatic N) is 2. The normalized spacial score (nSPS) is 9.84. The first-order chi connectivity index (χ1) is 9.26. The average Bonchev–Trinajstić information content (AvgIpc) is 2.47. The second-order valence-electron chi connectivity index (χ2n) is 3.62. The van der Waals surface area contributed by atoms with Crippen LogP contribution in [0.2, 0.25) is 0 Å². The van der Waals surface area contributed by atoms with E-state index in [1.165, 1.54) is 0 Å². The molecule has 1 heterocycles. The molecule has 0 saturated heterocycles. The number of hydrogen-bond acceptors (Lipinski definition) is 6. The van der Waals surface area contributed by atoms with Crippen LogP contribution >= 0.6 is 0 Å². The van der Waals surface area contributed by atoms with E-state index in [1.54, 1.807) is 39.7 Å². The minimum absolute atomic E-state index is 0.451. The van der Waals surface area contributed by atoms with Crippen molar-refractivity contribution < 1.29 is 14.2 Å². The first-order valence-electron chi connectivity index (χ1n) is 5.63. The van der Waals surface area contributed by atoms with E-state index < -0.39 is 0 Å². The Labute approximate surface area is 111 Å². The Balaban J connectivity index is 2.22. The fourth-order valence-corrected chi connectivity index (χ4v) is 1.56. The van der Waals surface area contributed by atoms with Gasteiger partial charge in [0.2, 0.25) is 11.8 Å². The Kier molecular flexibility index (Phi) is 4.02. The number of aromatic nitrogens is 2. The summed E-state index contributed by atoms with van der Waals surface area (Å²) in [5.74, 6) is 2.25. The van der Waals surface area contributed by atoms with Gasteiger partial charge in [-0.15, -0.1) is 0 Å². The lowest BCUT2D eigenvalue weighted by Gasteiger charge is -2.10. The topological polar surface area (TPSA) is 65.5 Å². The maximum atomic E-state index is 5.23. The Morgan fingerprint density at radius 2 is 1.74 bits per heavy atom. The van der Waals surface area contributed by atoms with Crippen LogP contribution in [0.4, 0.5) is 11.6 Å². The van der Waals surface area contributed by atoms with Crippen LogP contribution < -0.4 is 19.5 Å². The molecule has 0 aliphatic carbocycles. The number of anilines is 2. The monoisotopic (exact) mass is 261 g/mol. The summed E-state index contributed by atoms with van der Waals surface area (Å²) >= 11 is 0. The zero-order valence-electron chi connectivity index (χ0n) is 11.0. The molecule has 0 amide bonds. The SMILES string of the molecule is COc1ccnc(Nc2ccc(OC)c(OC)c2)n1. The summed E-state index contributed by atoms with van der Waals surface area (Å²) in [6.45, 7) is 0. The predicted octanol–water partition coefficient (Wildman–Crippen LogP) is 2.25. The van der Waals surface area contributed by atoms with Crippen LogP contribution in [0, 0.1) is 0 Å². The van der Waals surface area contributed by atoms with Gasteiger partial charge in [-0.05, 0) is 12.1 Å². The molecule has 2 rings (SSSR count). The largest absolute Gasteiger partial charge is 0.493 e. The Morgan fingerprint density at radius 1 is 0.947 bits per heavy atom. The van der Waals surface area contributed by atoms with Crippen molar-refractivity contribution in [1.29, 1.82) is 0 Å². The highest BCUT2D eigenvalue weighted by molar-refractivity contribution is 5.59. The molecule has 6 nitrogen and oxygen atoms in total. The molecule has 0 aliphatic heterocycles. The number of rotatable bonds is 5. The van der Waals surface area contributed by atoms with Gasteiger partial charge < -0.3 is 19.5 Å². The highest BCUT2D eigenvalue weighted by atomic mass is 16.5. The summed E-state index contributed by atoms with van der Waals surface area (Å²) in [6, 6.07) is 7.15. The molecule has 0 saturated carbocycles. The molecule has 2 aromatic rings. The summed E-state index contributed by atoms with van der Waals surface area (Å²) in [6.07, 6.45) is 1.62. The fourth-order valence-electron chi connectivity index (χ4n) is 1.56. The van der Waals surface area contributed by atoms with Crippen molar-refractivity contribution in [3.05, 3.63) is 30.5 Å². The highest BCUT2D eigenvalue weighted by Crippen LogP contribution is 2.30. The van der Waals surface area contributed by atoms with Crippen LogP contribution in [0.25, 0.3) is 0 Å². The lowest BCUT2D eigenvalue weighted by molar-refractivity contribution is 0.355. The quantitative estimate of drug-likeness (QED) is 0.890. The third-order valence-electron chi connectivity index (χ3n) is 2.48. The first-order valence-corrected chi connectivity index (χ1v) is 5.63. The standard InChI is InChI=1S/C13H15N3O3/c1-17-10-5-4-9(8-11(10)18-2)15-13-14-7-6-12(16-13)19-3/h4-8H,1-3H3,(H,14,15,16). The summed E-state index contributed by atoms with van der Waals surface area (Å²) in [4.78, 5) is 8.27. The maximum Gasteiger partial charge on any atom is 0.230 e. The van der Waals surface area contributed by atoms with Gasteiger partial charge in [-0.25, -0.2) is 4.98 Å². The smallest absolute Gasteiger partial charge is 0.230 e. The van der Waals surface area contributed by atoms with E-state index in [-0.39, 0.29) is 0 Å². The van der Waals surface area contributed by atoms with Gasteiger partial charge >= 0.3 is 0 Å². The molecule has 1 aromatic carbocycles. The van der Waals surface area contributed by atoms with Crippen LogP contribution in [-0.4, -0.2) is 31.3 Å². The molecule has 0 bridgehead atoms. The predicted molar refractivity (Wildman–Crippen MR) is 71.4 cm³/mol. The van der Waals surface area contributed by atoms with E-state index in [4.69, 9.17) is 14.2 Å². The Hall–Kier alpha value is -2.50. The van der Waals surface area contributed by atoms with Crippen LogP contribution in [-0.2, 0) is 0 Å². The van der Waals surface area contributed by atoms with Crippen molar-refractivity contribution in [1.82, 2.24) is 9.97 Å². The molecule has 19 heavy (non-hydrogen) atoms. The lowest BCUT2D eigenvalue weighted by atomic mass is 10.3. The molecule has 100 valence electrons. The molecular formula is C13H15N3O3.